The maximum Gasteiger partial charge on any atom is 0.257 e. The van der Waals surface area contributed by atoms with E-state index in [9.17, 15) is 4.79 Å². The van der Waals surface area contributed by atoms with E-state index < -0.39 is 0 Å². The van der Waals surface area contributed by atoms with Crippen molar-refractivity contribution in [1.29, 1.82) is 0 Å². The van der Waals surface area contributed by atoms with Crippen molar-refractivity contribution in [2.75, 3.05) is 12.4 Å². The van der Waals surface area contributed by atoms with Crippen LogP contribution in [0.3, 0.4) is 0 Å². The number of nitrogens with zero attached hydrogens (tertiary/aromatic N) is 3. The fourth-order valence-electron chi connectivity index (χ4n) is 2.83. The Morgan fingerprint density at radius 2 is 2.07 bits per heavy atom. The summed E-state index contributed by atoms with van der Waals surface area (Å²) in [6.07, 6.45) is 7.75. The van der Waals surface area contributed by atoms with Gasteiger partial charge in [-0.1, -0.05) is 6.07 Å². The minimum absolute atomic E-state index is 0.265. The summed E-state index contributed by atoms with van der Waals surface area (Å²) in [5.41, 5.74) is 3.53. The number of aromatic nitrogens is 4. The minimum atomic E-state index is -0.265. The molecule has 4 aromatic rings. The predicted molar refractivity (Wildman–Crippen MR) is 102 cm³/mol. The number of aromatic amines is 1. The monoisotopic (exact) mass is 359 g/mol. The molecule has 4 rings (SSSR count). The maximum absolute atomic E-state index is 12.3. The molecule has 0 aliphatic carbocycles. The first-order valence-electron chi connectivity index (χ1n) is 8.40. The topological polar surface area (TPSA) is 92.8 Å². The molecule has 1 amide bonds. The van der Waals surface area contributed by atoms with Gasteiger partial charge in [0.25, 0.3) is 5.91 Å². The third-order valence-corrected chi connectivity index (χ3v) is 4.20. The van der Waals surface area contributed by atoms with Crippen molar-refractivity contribution >= 4 is 22.8 Å². The first kappa shape index (κ1) is 16.7. The molecule has 4 heterocycles. The van der Waals surface area contributed by atoms with Gasteiger partial charge in [0.05, 0.1) is 7.11 Å². The van der Waals surface area contributed by atoms with Crippen LogP contribution in [-0.4, -0.2) is 33.0 Å². The molecule has 0 spiro atoms. The molecular weight excluding hydrogens is 342 g/mol. The van der Waals surface area contributed by atoms with Crippen molar-refractivity contribution in [2.24, 2.45) is 0 Å². The Hall–Kier alpha value is -3.74. The van der Waals surface area contributed by atoms with E-state index in [1.54, 1.807) is 30.6 Å². The van der Waals surface area contributed by atoms with Gasteiger partial charge in [0.1, 0.15) is 11.5 Å². The fourth-order valence-corrected chi connectivity index (χ4v) is 2.83. The van der Waals surface area contributed by atoms with Crippen LogP contribution in [0.1, 0.15) is 21.5 Å². The number of rotatable bonds is 5. The number of hydrogen-bond donors (Lipinski definition) is 2. The summed E-state index contributed by atoms with van der Waals surface area (Å²) in [4.78, 5) is 28.1. The van der Waals surface area contributed by atoms with Gasteiger partial charge in [0.2, 0.25) is 5.88 Å². The molecule has 0 saturated carbocycles. The molecule has 0 radical (unpaired) electrons. The van der Waals surface area contributed by atoms with Crippen molar-refractivity contribution in [3.05, 3.63) is 77.9 Å². The highest BCUT2D eigenvalue weighted by molar-refractivity contribution is 6.03. The van der Waals surface area contributed by atoms with E-state index in [1.165, 1.54) is 13.3 Å². The Labute approximate surface area is 155 Å². The lowest BCUT2D eigenvalue weighted by atomic mass is 10.1. The van der Waals surface area contributed by atoms with Crippen molar-refractivity contribution in [2.45, 2.75) is 6.42 Å². The van der Waals surface area contributed by atoms with Crippen LogP contribution in [0.5, 0.6) is 5.88 Å². The molecule has 4 aromatic heterocycles. The summed E-state index contributed by atoms with van der Waals surface area (Å²) in [6, 6.07) is 10.9. The second-order valence-electron chi connectivity index (χ2n) is 5.98. The first-order chi connectivity index (χ1) is 13.2. The van der Waals surface area contributed by atoms with Crippen LogP contribution in [0, 0.1) is 0 Å². The summed E-state index contributed by atoms with van der Waals surface area (Å²) in [5.74, 6) is 0.609. The van der Waals surface area contributed by atoms with Gasteiger partial charge in [0.15, 0.2) is 0 Å². The number of ether oxygens (including phenoxy) is 1. The summed E-state index contributed by atoms with van der Waals surface area (Å²) < 4.78 is 5.04. The normalized spacial score (nSPS) is 10.7. The molecule has 0 saturated heterocycles. The molecule has 0 aliphatic rings. The lowest BCUT2D eigenvalue weighted by Crippen LogP contribution is -2.13. The van der Waals surface area contributed by atoms with Crippen LogP contribution in [0.2, 0.25) is 0 Å². The van der Waals surface area contributed by atoms with Crippen molar-refractivity contribution < 1.29 is 9.53 Å². The number of pyridine rings is 3. The first-order valence-corrected chi connectivity index (χ1v) is 8.40. The molecule has 0 atom stereocenters. The predicted octanol–water partition coefficient (Wildman–Crippen LogP) is 3.20. The van der Waals surface area contributed by atoms with Crippen LogP contribution in [-0.2, 0) is 6.42 Å². The van der Waals surface area contributed by atoms with Gasteiger partial charge in [-0.15, -0.1) is 0 Å². The van der Waals surface area contributed by atoms with Crippen LogP contribution < -0.4 is 10.1 Å². The lowest BCUT2D eigenvalue weighted by Gasteiger charge is -2.06. The zero-order valence-electron chi connectivity index (χ0n) is 14.6. The van der Waals surface area contributed by atoms with Gasteiger partial charge in [-0.05, 0) is 35.4 Å². The number of hydrogen-bond acceptors (Lipinski definition) is 5. The molecule has 0 aliphatic heterocycles. The number of H-pyrrole nitrogens is 1. The lowest BCUT2D eigenvalue weighted by molar-refractivity contribution is 0.102. The summed E-state index contributed by atoms with van der Waals surface area (Å²) in [5, 5.41) is 3.87. The fraction of sp³-hybridized carbons (Fsp3) is 0.100. The highest BCUT2D eigenvalue weighted by Gasteiger charge is 2.09. The number of fused-ring (bicyclic) bond motifs is 1. The van der Waals surface area contributed by atoms with E-state index in [2.05, 4.69) is 25.3 Å². The average Bonchev–Trinajstić information content (AvgIpc) is 3.12. The van der Waals surface area contributed by atoms with Crippen LogP contribution in [0.25, 0.3) is 11.0 Å². The molecule has 0 fully saturated rings. The summed E-state index contributed by atoms with van der Waals surface area (Å²) in [6.45, 7) is 0. The molecule has 7 heteroatoms. The van der Waals surface area contributed by atoms with Crippen molar-refractivity contribution in [1.82, 2.24) is 19.9 Å². The summed E-state index contributed by atoms with van der Waals surface area (Å²) in [7, 11) is 1.51. The van der Waals surface area contributed by atoms with Crippen molar-refractivity contribution in [3.8, 4) is 5.88 Å². The molecule has 0 bridgehead atoms. The smallest absolute Gasteiger partial charge is 0.257 e. The number of methoxy groups -OCH3 is 1. The van der Waals surface area contributed by atoms with Crippen molar-refractivity contribution in [3.63, 3.8) is 0 Å². The largest absolute Gasteiger partial charge is 0.481 e. The van der Waals surface area contributed by atoms with E-state index >= 15 is 0 Å². The van der Waals surface area contributed by atoms with Gasteiger partial charge in [0, 0.05) is 48.2 Å². The SMILES string of the molecule is COc1cc(C(=O)Nc2ccc(Cc3c[nH]c4ncccc34)cn2)ccn1. The van der Waals surface area contributed by atoms with E-state index in [0.29, 0.717) is 17.3 Å². The second-order valence-corrected chi connectivity index (χ2v) is 5.98. The van der Waals surface area contributed by atoms with Gasteiger partial charge >= 0.3 is 0 Å². The Morgan fingerprint density at radius 3 is 2.89 bits per heavy atom. The number of amides is 1. The average molecular weight is 359 g/mol. The van der Waals surface area contributed by atoms with E-state index in [0.717, 1.165) is 28.6 Å². The molecule has 2 N–H and O–H groups in total. The number of carbonyl (C=O) groups excluding carboxylic acids is 1. The Balaban J connectivity index is 1.46. The zero-order chi connectivity index (χ0) is 18.6. The Kier molecular flexibility index (Phi) is 4.49. The third-order valence-electron chi connectivity index (χ3n) is 4.20. The molecule has 134 valence electrons. The van der Waals surface area contributed by atoms with Crippen LogP contribution in [0.15, 0.2) is 61.2 Å². The molecule has 0 aromatic carbocycles. The van der Waals surface area contributed by atoms with E-state index in [1.807, 2.05) is 24.4 Å². The third kappa shape index (κ3) is 3.62. The molecule has 7 nitrogen and oxygen atoms in total. The zero-order valence-corrected chi connectivity index (χ0v) is 14.6. The molecule has 0 unspecified atom stereocenters. The Morgan fingerprint density at radius 1 is 1.15 bits per heavy atom. The quantitative estimate of drug-likeness (QED) is 0.571. The maximum atomic E-state index is 12.3. The highest BCUT2D eigenvalue weighted by Crippen LogP contribution is 2.19. The minimum Gasteiger partial charge on any atom is -0.481 e. The van der Waals surface area contributed by atoms with Gasteiger partial charge < -0.3 is 15.0 Å². The van der Waals surface area contributed by atoms with E-state index in [4.69, 9.17) is 4.74 Å². The second kappa shape index (κ2) is 7.25. The van der Waals surface area contributed by atoms with Crippen LogP contribution in [0.4, 0.5) is 5.82 Å². The number of anilines is 1. The molecule has 27 heavy (non-hydrogen) atoms. The number of carbonyl (C=O) groups is 1. The summed E-state index contributed by atoms with van der Waals surface area (Å²) >= 11 is 0. The Bertz CT molecular complexity index is 1090. The highest BCUT2D eigenvalue weighted by atomic mass is 16.5. The molecular formula is C20H17N5O2. The van der Waals surface area contributed by atoms with Gasteiger partial charge in [-0.3, -0.25) is 4.79 Å². The van der Waals surface area contributed by atoms with E-state index in [-0.39, 0.29) is 5.91 Å². The standard InChI is InChI=1S/C20H17N5O2/c1-27-18-10-14(6-8-21-18)20(26)25-17-5-4-13(11-23-17)9-15-12-24-19-16(15)3-2-7-22-19/h2-8,10-12H,9H2,1H3,(H,22,24)(H,23,25,26). The van der Waals surface area contributed by atoms with Gasteiger partial charge in [-0.2, -0.15) is 0 Å². The van der Waals surface area contributed by atoms with Gasteiger partial charge in [-0.25, -0.2) is 15.0 Å². The van der Waals surface area contributed by atoms with Crippen LogP contribution >= 0.6 is 0 Å². The number of nitrogens with one attached hydrogen (secondary N) is 2.